The van der Waals surface area contributed by atoms with E-state index in [2.05, 4.69) is 0 Å². The van der Waals surface area contributed by atoms with E-state index in [1.165, 1.54) is 12.1 Å². The highest BCUT2D eigenvalue weighted by Crippen LogP contribution is 2.24. The van der Waals surface area contributed by atoms with Crippen LogP contribution in [0.2, 0.25) is 0 Å². The average Bonchev–Trinajstić information content (AvgIpc) is 2.47. The van der Waals surface area contributed by atoms with Crippen molar-refractivity contribution in [1.82, 2.24) is 0 Å². The molecule has 2 N–H and O–H groups in total. The molecule has 0 spiro atoms. The molecule has 2 rings (SSSR count). The fraction of sp³-hybridized carbons (Fsp3) is 0.188. The smallest absolute Gasteiger partial charge is 0.314 e. The highest BCUT2D eigenvalue weighted by atomic mass is 16.5. The van der Waals surface area contributed by atoms with E-state index in [4.69, 9.17) is 9.47 Å². The third-order valence-corrected chi connectivity index (χ3v) is 3.03. The lowest BCUT2D eigenvalue weighted by molar-refractivity contribution is -0.139. The van der Waals surface area contributed by atoms with Gasteiger partial charge in [0.2, 0.25) is 0 Å². The molecule has 110 valence electrons. The molecular formula is C16H16O5. The van der Waals surface area contributed by atoms with Crippen molar-refractivity contribution in [3.8, 4) is 17.2 Å². The molecule has 0 aromatic heterocycles. The number of carboxylic acids is 1. The van der Waals surface area contributed by atoms with E-state index in [1.807, 2.05) is 0 Å². The molecular weight excluding hydrogens is 272 g/mol. The molecule has 5 heteroatoms. The maximum Gasteiger partial charge on any atom is 0.314 e. The lowest BCUT2D eigenvalue weighted by Crippen LogP contribution is -2.19. The van der Waals surface area contributed by atoms with Crippen LogP contribution in [0.15, 0.2) is 48.5 Å². The number of carboxylic acid groups (broad SMARTS) is 1. The van der Waals surface area contributed by atoms with E-state index in [0.717, 1.165) is 0 Å². The highest BCUT2D eigenvalue weighted by molar-refractivity contribution is 5.76. The van der Waals surface area contributed by atoms with Crippen LogP contribution < -0.4 is 9.47 Å². The number of rotatable bonds is 6. The zero-order chi connectivity index (χ0) is 15.2. The fourth-order valence-corrected chi connectivity index (χ4v) is 1.92. The van der Waals surface area contributed by atoms with Crippen LogP contribution in [0.25, 0.3) is 0 Å². The molecule has 5 nitrogen and oxygen atoms in total. The number of ether oxygens (including phenoxy) is 2. The summed E-state index contributed by atoms with van der Waals surface area (Å²) >= 11 is 0. The zero-order valence-electron chi connectivity index (χ0n) is 11.5. The van der Waals surface area contributed by atoms with Crippen LogP contribution in [0.5, 0.6) is 17.2 Å². The second kappa shape index (κ2) is 6.65. The number of phenolic OH excluding ortho intramolecular Hbond substituents is 1. The molecule has 0 aliphatic heterocycles. The molecule has 0 heterocycles. The Bertz CT molecular complexity index is 624. The quantitative estimate of drug-likeness (QED) is 0.854. The first kappa shape index (κ1) is 14.7. The first-order valence-corrected chi connectivity index (χ1v) is 6.38. The fourth-order valence-electron chi connectivity index (χ4n) is 1.92. The van der Waals surface area contributed by atoms with Gasteiger partial charge in [0.15, 0.2) is 0 Å². The van der Waals surface area contributed by atoms with E-state index < -0.39 is 11.9 Å². The van der Waals surface area contributed by atoms with Gasteiger partial charge in [0.05, 0.1) is 7.11 Å². The van der Waals surface area contributed by atoms with E-state index in [0.29, 0.717) is 17.1 Å². The van der Waals surface area contributed by atoms with Gasteiger partial charge in [-0.25, -0.2) is 0 Å². The summed E-state index contributed by atoms with van der Waals surface area (Å²) in [7, 11) is 1.55. The van der Waals surface area contributed by atoms with Crippen molar-refractivity contribution in [2.24, 2.45) is 0 Å². The molecule has 0 bridgehead atoms. The SMILES string of the molecule is COc1cccc(OCC(C(=O)O)c2cccc(O)c2)c1. The molecule has 2 aromatic rings. The Morgan fingerprint density at radius 2 is 1.86 bits per heavy atom. The summed E-state index contributed by atoms with van der Waals surface area (Å²) < 4.78 is 10.6. The Morgan fingerprint density at radius 1 is 1.14 bits per heavy atom. The predicted molar refractivity (Wildman–Crippen MR) is 77.0 cm³/mol. The second-order valence-electron chi connectivity index (χ2n) is 4.48. The lowest BCUT2D eigenvalue weighted by atomic mass is 10.00. The van der Waals surface area contributed by atoms with Crippen molar-refractivity contribution in [3.05, 3.63) is 54.1 Å². The Balaban J connectivity index is 2.12. The first-order chi connectivity index (χ1) is 10.1. The Hall–Kier alpha value is -2.69. The van der Waals surface area contributed by atoms with Crippen LogP contribution in [-0.2, 0) is 4.79 Å². The van der Waals surface area contributed by atoms with Gasteiger partial charge < -0.3 is 19.7 Å². The number of benzene rings is 2. The maximum atomic E-state index is 11.4. The van der Waals surface area contributed by atoms with Gasteiger partial charge in [-0.3, -0.25) is 4.79 Å². The average molecular weight is 288 g/mol. The molecule has 0 aliphatic carbocycles. The van der Waals surface area contributed by atoms with E-state index in [-0.39, 0.29) is 12.4 Å². The first-order valence-electron chi connectivity index (χ1n) is 6.38. The van der Waals surface area contributed by atoms with Crippen LogP contribution in [-0.4, -0.2) is 29.9 Å². The van der Waals surface area contributed by atoms with Gasteiger partial charge >= 0.3 is 5.97 Å². The molecule has 21 heavy (non-hydrogen) atoms. The van der Waals surface area contributed by atoms with Crippen LogP contribution in [0.3, 0.4) is 0 Å². The number of hydrogen-bond acceptors (Lipinski definition) is 4. The minimum atomic E-state index is -1.01. The Kier molecular flexibility index (Phi) is 4.66. The van der Waals surface area contributed by atoms with E-state index in [1.54, 1.807) is 43.5 Å². The van der Waals surface area contributed by atoms with Crippen molar-refractivity contribution in [1.29, 1.82) is 0 Å². The third kappa shape index (κ3) is 3.89. The van der Waals surface area contributed by atoms with Gasteiger partial charge in [-0.15, -0.1) is 0 Å². The second-order valence-corrected chi connectivity index (χ2v) is 4.48. The Morgan fingerprint density at radius 3 is 2.52 bits per heavy atom. The number of methoxy groups -OCH3 is 1. The molecule has 0 radical (unpaired) electrons. The van der Waals surface area contributed by atoms with Crippen molar-refractivity contribution in [2.75, 3.05) is 13.7 Å². The number of hydrogen-bond donors (Lipinski definition) is 2. The number of aromatic hydroxyl groups is 1. The predicted octanol–water partition coefficient (Wildman–Crippen LogP) is 2.65. The van der Waals surface area contributed by atoms with Crippen LogP contribution in [0, 0.1) is 0 Å². The normalized spacial score (nSPS) is 11.7. The van der Waals surface area contributed by atoms with Gasteiger partial charge in [-0.1, -0.05) is 18.2 Å². The number of aliphatic carboxylic acids is 1. The largest absolute Gasteiger partial charge is 0.508 e. The van der Waals surface area contributed by atoms with Crippen LogP contribution in [0.4, 0.5) is 0 Å². The standard InChI is InChI=1S/C16H16O5/c1-20-13-6-3-7-14(9-13)21-10-15(16(18)19)11-4-2-5-12(17)8-11/h2-9,15,17H,10H2,1H3,(H,18,19). The third-order valence-electron chi connectivity index (χ3n) is 3.03. The molecule has 2 aromatic carbocycles. The highest BCUT2D eigenvalue weighted by Gasteiger charge is 2.21. The lowest BCUT2D eigenvalue weighted by Gasteiger charge is -2.14. The van der Waals surface area contributed by atoms with E-state index in [9.17, 15) is 15.0 Å². The molecule has 0 aliphatic rings. The molecule has 1 atom stereocenters. The topological polar surface area (TPSA) is 76.0 Å². The summed E-state index contributed by atoms with van der Waals surface area (Å²) in [6, 6.07) is 13.1. The summed E-state index contributed by atoms with van der Waals surface area (Å²) in [5.74, 6) is -0.676. The molecule has 0 saturated carbocycles. The maximum absolute atomic E-state index is 11.4. The van der Waals surface area contributed by atoms with Crippen molar-refractivity contribution in [3.63, 3.8) is 0 Å². The van der Waals surface area contributed by atoms with Crippen LogP contribution in [0.1, 0.15) is 11.5 Å². The van der Waals surface area contributed by atoms with Gasteiger partial charge in [-0.2, -0.15) is 0 Å². The molecule has 0 amide bonds. The summed E-state index contributed by atoms with van der Waals surface area (Å²) in [6.07, 6.45) is 0. The van der Waals surface area contributed by atoms with Crippen LogP contribution >= 0.6 is 0 Å². The van der Waals surface area contributed by atoms with Crippen molar-refractivity contribution in [2.45, 2.75) is 5.92 Å². The molecule has 1 unspecified atom stereocenters. The number of phenols is 1. The minimum Gasteiger partial charge on any atom is -0.508 e. The van der Waals surface area contributed by atoms with Gasteiger partial charge in [0.25, 0.3) is 0 Å². The summed E-state index contributed by atoms with van der Waals surface area (Å²) in [5, 5.41) is 18.8. The zero-order valence-corrected chi connectivity index (χ0v) is 11.5. The molecule has 0 saturated heterocycles. The summed E-state index contributed by atoms with van der Waals surface area (Å²) in [4.78, 5) is 11.4. The van der Waals surface area contributed by atoms with Gasteiger partial charge in [-0.05, 0) is 29.8 Å². The molecule has 0 fully saturated rings. The van der Waals surface area contributed by atoms with Crippen molar-refractivity contribution < 1.29 is 24.5 Å². The summed E-state index contributed by atoms with van der Waals surface area (Å²) in [5.41, 5.74) is 0.491. The van der Waals surface area contributed by atoms with Gasteiger partial charge in [0.1, 0.15) is 29.8 Å². The minimum absolute atomic E-state index is 0.0279. The van der Waals surface area contributed by atoms with Gasteiger partial charge in [0, 0.05) is 6.07 Å². The monoisotopic (exact) mass is 288 g/mol. The number of carbonyl (C=O) groups is 1. The van der Waals surface area contributed by atoms with E-state index >= 15 is 0 Å². The van der Waals surface area contributed by atoms with Crippen molar-refractivity contribution >= 4 is 5.97 Å². The Labute approximate surface area is 122 Å². The summed E-state index contributed by atoms with van der Waals surface area (Å²) in [6.45, 7) is -0.0358.